The van der Waals surface area contributed by atoms with Gasteiger partial charge < -0.3 is 15.4 Å². The summed E-state index contributed by atoms with van der Waals surface area (Å²) in [5, 5.41) is 26.0. The third-order valence-corrected chi connectivity index (χ3v) is 1.55. The molecule has 0 aromatic rings. The van der Waals surface area contributed by atoms with E-state index in [0.29, 0.717) is 6.42 Å². The maximum Gasteiger partial charge on any atom is 0.0600 e. The van der Waals surface area contributed by atoms with E-state index in [1.54, 1.807) is 0 Å². The third-order valence-electron chi connectivity index (χ3n) is 1.55. The Kier molecular flexibility index (Phi) is 5.52. The first-order valence-electron chi connectivity index (χ1n) is 3.42. The topological polar surface area (TPSA) is 72.7 Å². The van der Waals surface area contributed by atoms with Gasteiger partial charge in [0.25, 0.3) is 0 Å². The molecular weight excluding hydrogens is 134 g/mol. The normalized spacial score (nSPS) is 16.8. The van der Waals surface area contributed by atoms with Crippen molar-refractivity contribution in [2.24, 2.45) is 5.92 Å². The first kappa shape index (κ1) is 9.84. The fourth-order valence-corrected chi connectivity index (χ4v) is 0.773. The van der Waals surface area contributed by atoms with Gasteiger partial charge >= 0.3 is 0 Å². The highest BCUT2D eigenvalue weighted by atomic mass is 16.5. The van der Waals surface area contributed by atoms with Crippen molar-refractivity contribution >= 4 is 0 Å². The highest BCUT2D eigenvalue weighted by Crippen LogP contribution is 2.04. The summed E-state index contributed by atoms with van der Waals surface area (Å²) in [7, 11) is 0. The molecule has 0 aromatic carbocycles. The Morgan fingerprint density at radius 2 is 2.10 bits per heavy atom. The second-order valence-corrected chi connectivity index (χ2v) is 2.28. The SMILES string of the molecule is CCC(O)C(CO)CNO. The van der Waals surface area contributed by atoms with E-state index in [9.17, 15) is 0 Å². The smallest absolute Gasteiger partial charge is 0.0600 e. The van der Waals surface area contributed by atoms with Crippen molar-refractivity contribution in [2.45, 2.75) is 19.4 Å². The molecule has 0 aliphatic heterocycles. The van der Waals surface area contributed by atoms with Crippen molar-refractivity contribution in [1.82, 2.24) is 5.48 Å². The van der Waals surface area contributed by atoms with E-state index in [1.165, 1.54) is 0 Å². The molecule has 0 aliphatic carbocycles. The van der Waals surface area contributed by atoms with Crippen LogP contribution >= 0.6 is 0 Å². The Hall–Kier alpha value is -0.160. The van der Waals surface area contributed by atoms with Crippen LogP contribution in [-0.4, -0.2) is 34.7 Å². The number of nitrogens with one attached hydrogen (secondary N) is 1. The van der Waals surface area contributed by atoms with Gasteiger partial charge in [-0.1, -0.05) is 6.92 Å². The second kappa shape index (κ2) is 5.61. The molecule has 0 saturated carbocycles. The monoisotopic (exact) mass is 149 g/mol. The van der Waals surface area contributed by atoms with Gasteiger partial charge in [-0.3, -0.25) is 0 Å². The van der Waals surface area contributed by atoms with Gasteiger partial charge in [0.05, 0.1) is 6.10 Å². The molecule has 0 spiro atoms. The van der Waals surface area contributed by atoms with Crippen molar-refractivity contribution in [2.75, 3.05) is 13.2 Å². The van der Waals surface area contributed by atoms with E-state index in [4.69, 9.17) is 15.4 Å². The summed E-state index contributed by atoms with van der Waals surface area (Å²) in [5.41, 5.74) is 1.91. The predicted molar refractivity (Wildman–Crippen MR) is 36.7 cm³/mol. The zero-order valence-electron chi connectivity index (χ0n) is 6.12. The maximum absolute atomic E-state index is 9.14. The van der Waals surface area contributed by atoms with E-state index in [2.05, 4.69) is 0 Å². The van der Waals surface area contributed by atoms with Crippen LogP contribution < -0.4 is 5.48 Å². The third kappa shape index (κ3) is 3.12. The van der Waals surface area contributed by atoms with Gasteiger partial charge in [-0.15, -0.1) is 0 Å². The Bertz CT molecular complexity index is 79.4. The van der Waals surface area contributed by atoms with Gasteiger partial charge in [0.2, 0.25) is 0 Å². The van der Waals surface area contributed by atoms with Gasteiger partial charge in [0.1, 0.15) is 0 Å². The van der Waals surface area contributed by atoms with Crippen LogP contribution in [0.2, 0.25) is 0 Å². The summed E-state index contributed by atoms with van der Waals surface area (Å²) in [6, 6.07) is 0. The minimum atomic E-state index is -0.537. The first-order valence-corrected chi connectivity index (χ1v) is 3.42. The minimum Gasteiger partial charge on any atom is -0.396 e. The van der Waals surface area contributed by atoms with Gasteiger partial charge in [-0.25, -0.2) is 5.48 Å². The fraction of sp³-hybridized carbons (Fsp3) is 1.00. The summed E-state index contributed by atoms with van der Waals surface area (Å²) in [5.74, 6) is -0.269. The van der Waals surface area contributed by atoms with E-state index in [0.717, 1.165) is 0 Å². The van der Waals surface area contributed by atoms with Crippen LogP contribution in [0.4, 0.5) is 0 Å². The van der Waals surface area contributed by atoms with Gasteiger partial charge in [-0.05, 0) is 6.42 Å². The molecule has 4 heteroatoms. The molecule has 2 unspecified atom stereocenters. The molecule has 4 N–H and O–H groups in total. The molecule has 2 atom stereocenters. The van der Waals surface area contributed by atoms with Gasteiger partial charge in [0, 0.05) is 19.1 Å². The molecular formula is C6H15NO3. The summed E-state index contributed by atoms with van der Waals surface area (Å²) >= 11 is 0. The maximum atomic E-state index is 9.14. The van der Waals surface area contributed by atoms with E-state index < -0.39 is 6.10 Å². The number of aliphatic hydroxyl groups excluding tert-OH is 2. The van der Waals surface area contributed by atoms with Crippen molar-refractivity contribution in [3.05, 3.63) is 0 Å². The lowest BCUT2D eigenvalue weighted by Crippen LogP contribution is -2.32. The average molecular weight is 149 g/mol. The van der Waals surface area contributed by atoms with Gasteiger partial charge in [0.15, 0.2) is 0 Å². The Balaban J connectivity index is 3.56. The largest absolute Gasteiger partial charge is 0.396 e. The zero-order chi connectivity index (χ0) is 7.98. The predicted octanol–water partition coefficient (Wildman–Crippen LogP) is -0.655. The van der Waals surface area contributed by atoms with E-state index in [1.807, 2.05) is 12.4 Å². The van der Waals surface area contributed by atoms with Gasteiger partial charge in [-0.2, -0.15) is 0 Å². The van der Waals surface area contributed by atoms with Crippen LogP contribution in [0.15, 0.2) is 0 Å². The molecule has 0 fully saturated rings. The summed E-state index contributed by atoms with van der Waals surface area (Å²) in [6.07, 6.45) is 0.0528. The second-order valence-electron chi connectivity index (χ2n) is 2.28. The van der Waals surface area contributed by atoms with Crippen LogP contribution in [0.5, 0.6) is 0 Å². The highest BCUT2D eigenvalue weighted by molar-refractivity contribution is 4.66. The lowest BCUT2D eigenvalue weighted by molar-refractivity contribution is 0.0373. The molecule has 4 nitrogen and oxygen atoms in total. The van der Waals surface area contributed by atoms with Crippen molar-refractivity contribution < 1.29 is 15.4 Å². The van der Waals surface area contributed by atoms with Crippen LogP contribution in [0.3, 0.4) is 0 Å². The standard InChI is InChI=1S/C6H15NO3/c1-2-6(9)5(4-8)3-7-10/h5-10H,2-4H2,1H3. The van der Waals surface area contributed by atoms with Crippen LogP contribution in [0.1, 0.15) is 13.3 Å². The lowest BCUT2D eigenvalue weighted by Gasteiger charge is -2.17. The van der Waals surface area contributed by atoms with E-state index >= 15 is 0 Å². The van der Waals surface area contributed by atoms with Crippen molar-refractivity contribution in [3.63, 3.8) is 0 Å². The summed E-state index contributed by atoms with van der Waals surface area (Å²) in [4.78, 5) is 0. The Morgan fingerprint density at radius 1 is 1.50 bits per heavy atom. The molecule has 0 bridgehead atoms. The number of hydrogen-bond donors (Lipinski definition) is 4. The number of aliphatic hydroxyl groups is 2. The van der Waals surface area contributed by atoms with E-state index in [-0.39, 0.29) is 19.1 Å². The fourth-order valence-electron chi connectivity index (χ4n) is 0.773. The van der Waals surface area contributed by atoms with Crippen LogP contribution in [0, 0.1) is 5.92 Å². The molecule has 0 saturated heterocycles. The van der Waals surface area contributed by atoms with Crippen LogP contribution in [-0.2, 0) is 0 Å². The molecule has 0 aliphatic rings. The molecule has 0 radical (unpaired) electrons. The summed E-state index contributed by atoms with van der Waals surface area (Å²) < 4.78 is 0. The molecule has 0 aromatic heterocycles. The molecule has 0 amide bonds. The molecule has 0 heterocycles. The lowest BCUT2D eigenvalue weighted by atomic mass is 10.0. The zero-order valence-corrected chi connectivity index (χ0v) is 6.12. The quantitative estimate of drug-likeness (QED) is 0.392. The number of hydrogen-bond acceptors (Lipinski definition) is 4. The van der Waals surface area contributed by atoms with Crippen LogP contribution in [0.25, 0.3) is 0 Å². The van der Waals surface area contributed by atoms with Crippen molar-refractivity contribution in [3.8, 4) is 0 Å². The Morgan fingerprint density at radius 3 is 2.40 bits per heavy atom. The molecule has 62 valence electrons. The number of rotatable bonds is 5. The Labute approximate surface area is 60.5 Å². The average Bonchev–Trinajstić information content (AvgIpc) is 1.99. The minimum absolute atomic E-state index is 0.109. The molecule has 10 heavy (non-hydrogen) atoms. The summed E-state index contributed by atoms with van der Waals surface area (Å²) in [6.45, 7) is 1.94. The highest BCUT2D eigenvalue weighted by Gasteiger charge is 2.15. The molecule has 0 rings (SSSR count). The number of hydroxylamine groups is 1. The first-order chi connectivity index (χ1) is 4.76. The van der Waals surface area contributed by atoms with Crippen molar-refractivity contribution in [1.29, 1.82) is 0 Å².